The molecule has 2 aliphatic heterocycles. The third-order valence-electron chi connectivity index (χ3n) is 6.81. The van der Waals surface area contributed by atoms with Gasteiger partial charge in [-0.1, -0.05) is 6.07 Å². The Morgan fingerprint density at radius 2 is 2.09 bits per heavy atom. The Hall–Kier alpha value is -3.75. The van der Waals surface area contributed by atoms with E-state index in [1.165, 1.54) is 17.1 Å². The van der Waals surface area contributed by atoms with Gasteiger partial charge in [0.15, 0.2) is 0 Å². The van der Waals surface area contributed by atoms with Crippen LogP contribution in [-0.2, 0) is 16.0 Å². The molecule has 2 aliphatic rings. The summed E-state index contributed by atoms with van der Waals surface area (Å²) in [5.41, 5.74) is 3.75. The Bertz CT molecular complexity index is 1290. The minimum atomic E-state index is -0.510. The monoisotopic (exact) mass is 476 g/mol. The number of piperazine rings is 1. The van der Waals surface area contributed by atoms with Gasteiger partial charge in [0.25, 0.3) is 0 Å². The van der Waals surface area contributed by atoms with Crippen LogP contribution in [0, 0.1) is 31.0 Å². The fourth-order valence-corrected chi connectivity index (χ4v) is 4.86. The van der Waals surface area contributed by atoms with E-state index in [-0.39, 0.29) is 30.0 Å². The van der Waals surface area contributed by atoms with E-state index in [2.05, 4.69) is 25.4 Å². The predicted octanol–water partition coefficient (Wildman–Crippen LogP) is 1.51. The van der Waals surface area contributed by atoms with Crippen molar-refractivity contribution < 1.29 is 13.9 Å². The van der Waals surface area contributed by atoms with Crippen molar-refractivity contribution in [2.24, 2.45) is 0 Å². The van der Waals surface area contributed by atoms with Crippen molar-refractivity contribution in [2.45, 2.75) is 32.4 Å². The lowest BCUT2D eigenvalue weighted by atomic mass is 9.96. The van der Waals surface area contributed by atoms with E-state index in [1.54, 1.807) is 13.0 Å². The molecule has 11 heteroatoms. The lowest BCUT2D eigenvalue weighted by Gasteiger charge is -2.46. The Morgan fingerprint density at radius 1 is 1.23 bits per heavy atom. The van der Waals surface area contributed by atoms with E-state index in [0.717, 1.165) is 23.5 Å². The van der Waals surface area contributed by atoms with Crippen molar-refractivity contribution in [1.29, 1.82) is 5.26 Å². The number of aryl methyl sites for hydroxylation is 1. The van der Waals surface area contributed by atoms with E-state index >= 15 is 0 Å². The Labute approximate surface area is 201 Å². The van der Waals surface area contributed by atoms with Gasteiger partial charge in [-0.3, -0.25) is 14.7 Å². The molecule has 2 saturated heterocycles. The molecule has 2 atom stereocenters. The standard InChI is InChI=1S/C24H25FN8O2/c1-15-19(4-5-21(25)20(15)10-26)23-12-31-7-8-32(11-18(31)13-35-23)24(34)9-17-3-6-22(16(2)28-17)33-14-27-29-30-33/h3-6,14,18,23H,7-9,11-13H2,1-2H3/t18-,23-/m0/s1. The van der Waals surface area contributed by atoms with Crippen molar-refractivity contribution >= 4 is 5.91 Å². The number of nitriles is 1. The second-order valence-electron chi connectivity index (χ2n) is 8.90. The van der Waals surface area contributed by atoms with Crippen LogP contribution in [0.25, 0.3) is 5.69 Å². The number of rotatable bonds is 4. The number of ether oxygens (including phenoxy) is 1. The lowest BCUT2D eigenvalue weighted by Crippen LogP contribution is -2.59. The molecule has 2 aromatic heterocycles. The highest BCUT2D eigenvalue weighted by molar-refractivity contribution is 5.78. The second-order valence-corrected chi connectivity index (χ2v) is 8.90. The molecule has 5 rings (SSSR count). The van der Waals surface area contributed by atoms with Crippen LogP contribution in [0.3, 0.4) is 0 Å². The van der Waals surface area contributed by atoms with Crippen LogP contribution in [0.2, 0.25) is 0 Å². The zero-order chi connectivity index (χ0) is 24.5. The number of tetrazole rings is 1. The van der Waals surface area contributed by atoms with Gasteiger partial charge in [0, 0.05) is 26.2 Å². The first-order valence-corrected chi connectivity index (χ1v) is 11.5. The van der Waals surface area contributed by atoms with Crippen LogP contribution >= 0.6 is 0 Å². The van der Waals surface area contributed by atoms with Crippen molar-refractivity contribution in [3.05, 3.63) is 64.5 Å². The van der Waals surface area contributed by atoms with Gasteiger partial charge in [-0.2, -0.15) is 9.94 Å². The summed E-state index contributed by atoms with van der Waals surface area (Å²) in [4.78, 5) is 21.8. The number of hydrogen-bond acceptors (Lipinski definition) is 8. The normalized spacial score (nSPS) is 20.3. The summed E-state index contributed by atoms with van der Waals surface area (Å²) in [6, 6.07) is 8.77. The summed E-state index contributed by atoms with van der Waals surface area (Å²) in [5, 5.41) is 20.4. The van der Waals surface area contributed by atoms with E-state index in [9.17, 15) is 14.4 Å². The highest BCUT2D eigenvalue weighted by Crippen LogP contribution is 2.31. The fraction of sp³-hybridized carbons (Fsp3) is 0.417. The number of benzene rings is 1. The predicted molar refractivity (Wildman–Crippen MR) is 122 cm³/mol. The molecule has 0 N–H and O–H groups in total. The average Bonchev–Trinajstić information content (AvgIpc) is 3.38. The molecule has 0 saturated carbocycles. The molecular formula is C24H25FN8O2. The molecule has 0 aliphatic carbocycles. The van der Waals surface area contributed by atoms with Gasteiger partial charge in [-0.15, -0.1) is 5.10 Å². The maximum Gasteiger partial charge on any atom is 0.228 e. The molecule has 10 nitrogen and oxygen atoms in total. The molecule has 0 unspecified atom stereocenters. The van der Waals surface area contributed by atoms with Crippen molar-refractivity contribution in [3.63, 3.8) is 0 Å². The Kier molecular flexibility index (Phi) is 6.23. The summed E-state index contributed by atoms with van der Waals surface area (Å²) in [6.07, 6.45) is 1.50. The minimum absolute atomic E-state index is 0.0295. The quantitative estimate of drug-likeness (QED) is 0.557. The second kappa shape index (κ2) is 9.48. The smallest absolute Gasteiger partial charge is 0.228 e. The fourth-order valence-electron chi connectivity index (χ4n) is 4.86. The van der Waals surface area contributed by atoms with Crippen molar-refractivity contribution in [2.75, 3.05) is 32.8 Å². The SMILES string of the molecule is Cc1nc(CC(=O)N2CCN3C[C@@H](c4ccc(F)c(C#N)c4C)OC[C@@H]3C2)ccc1-n1cnnn1. The van der Waals surface area contributed by atoms with Gasteiger partial charge < -0.3 is 9.64 Å². The van der Waals surface area contributed by atoms with Gasteiger partial charge in [-0.25, -0.2) is 4.39 Å². The molecule has 180 valence electrons. The number of fused-ring (bicyclic) bond motifs is 1. The number of carbonyl (C=O) groups excluding carboxylic acids is 1. The first-order chi connectivity index (χ1) is 16.9. The number of carbonyl (C=O) groups is 1. The van der Waals surface area contributed by atoms with Gasteiger partial charge in [0.1, 0.15) is 18.2 Å². The molecule has 0 radical (unpaired) electrons. The molecule has 4 heterocycles. The van der Waals surface area contributed by atoms with Crippen molar-refractivity contribution in [1.82, 2.24) is 35.0 Å². The number of pyridine rings is 1. The number of amides is 1. The highest BCUT2D eigenvalue weighted by atomic mass is 19.1. The Morgan fingerprint density at radius 3 is 2.83 bits per heavy atom. The third-order valence-corrected chi connectivity index (χ3v) is 6.81. The number of morpholine rings is 1. The zero-order valence-corrected chi connectivity index (χ0v) is 19.6. The van der Waals surface area contributed by atoms with Crippen LogP contribution < -0.4 is 0 Å². The number of hydrogen-bond donors (Lipinski definition) is 0. The van der Waals surface area contributed by atoms with E-state index < -0.39 is 5.82 Å². The lowest BCUT2D eigenvalue weighted by molar-refractivity contribution is -0.139. The zero-order valence-electron chi connectivity index (χ0n) is 19.6. The molecule has 35 heavy (non-hydrogen) atoms. The molecule has 3 aromatic rings. The number of halogens is 1. The van der Waals surface area contributed by atoms with Crippen LogP contribution in [0.15, 0.2) is 30.6 Å². The molecule has 1 aromatic carbocycles. The first kappa shape index (κ1) is 23.0. The van der Waals surface area contributed by atoms with Crippen LogP contribution in [-0.4, -0.2) is 79.7 Å². The van der Waals surface area contributed by atoms with E-state index in [0.29, 0.717) is 37.5 Å². The largest absolute Gasteiger partial charge is 0.370 e. The van der Waals surface area contributed by atoms with Gasteiger partial charge in [-0.05, 0) is 53.6 Å². The van der Waals surface area contributed by atoms with Crippen LogP contribution in [0.4, 0.5) is 4.39 Å². The maximum atomic E-state index is 13.9. The molecule has 0 bridgehead atoms. The van der Waals surface area contributed by atoms with Crippen LogP contribution in [0.5, 0.6) is 0 Å². The van der Waals surface area contributed by atoms with Gasteiger partial charge in [0.05, 0.1) is 47.8 Å². The van der Waals surface area contributed by atoms with E-state index in [4.69, 9.17) is 4.74 Å². The molecule has 2 fully saturated rings. The summed E-state index contributed by atoms with van der Waals surface area (Å²) < 4.78 is 21.6. The van der Waals surface area contributed by atoms with E-state index in [1.807, 2.05) is 30.0 Å². The summed E-state index contributed by atoms with van der Waals surface area (Å²) in [5.74, 6) is -0.480. The summed E-state index contributed by atoms with van der Waals surface area (Å²) in [6.45, 7) is 6.66. The van der Waals surface area contributed by atoms with Crippen molar-refractivity contribution in [3.8, 4) is 11.8 Å². The summed E-state index contributed by atoms with van der Waals surface area (Å²) in [7, 11) is 0. The topological polar surface area (TPSA) is 113 Å². The highest BCUT2D eigenvalue weighted by Gasteiger charge is 2.36. The summed E-state index contributed by atoms with van der Waals surface area (Å²) >= 11 is 0. The van der Waals surface area contributed by atoms with Crippen LogP contribution in [0.1, 0.15) is 34.2 Å². The number of aromatic nitrogens is 5. The molecular weight excluding hydrogens is 451 g/mol. The molecule has 1 amide bonds. The maximum absolute atomic E-state index is 13.9. The van der Waals surface area contributed by atoms with Gasteiger partial charge in [0.2, 0.25) is 5.91 Å². The minimum Gasteiger partial charge on any atom is -0.370 e. The number of nitrogens with zero attached hydrogens (tertiary/aromatic N) is 8. The first-order valence-electron chi connectivity index (χ1n) is 11.5. The molecule has 0 spiro atoms. The van der Waals surface area contributed by atoms with Gasteiger partial charge >= 0.3 is 0 Å². The average molecular weight is 477 g/mol. The third kappa shape index (κ3) is 4.50. The Balaban J connectivity index is 1.21.